The number of ether oxygens (including phenoxy) is 2. The van der Waals surface area contributed by atoms with Crippen molar-refractivity contribution in [2.75, 3.05) is 11.9 Å². The van der Waals surface area contributed by atoms with Crippen molar-refractivity contribution in [3.8, 4) is 11.8 Å². The molecule has 0 bridgehead atoms. The molecular weight excluding hydrogens is 392 g/mol. The second-order valence-electron chi connectivity index (χ2n) is 6.87. The third-order valence-corrected chi connectivity index (χ3v) is 4.47. The number of esters is 1. The zero-order valence-electron chi connectivity index (χ0n) is 17.1. The molecule has 0 aliphatic carbocycles. The maximum absolute atomic E-state index is 12.5. The minimum absolute atomic E-state index is 0.0299. The minimum atomic E-state index is -0.565. The van der Waals surface area contributed by atoms with E-state index < -0.39 is 5.97 Å². The molecule has 0 spiro atoms. The van der Waals surface area contributed by atoms with Crippen LogP contribution in [0.1, 0.15) is 33.5 Å². The Morgan fingerprint density at radius 2 is 1.77 bits per heavy atom. The van der Waals surface area contributed by atoms with Crippen LogP contribution < -0.4 is 10.1 Å². The molecule has 0 saturated heterocycles. The van der Waals surface area contributed by atoms with Crippen LogP contribution in [0.5, 0.6) is 5.75 Å². The molecule has 6 nitrogen and oxygen atoms in total. The van der Waals surface area contributed by atoms with Gasteiger partial charge in [-0.25, -0.2) is 4.79 Å². The summed E-state index contributed by atoms with van der Waals surface area (Å²) in [5, 5.41) is 11.7. The Morgan fingerprint density at radius 1 is 1.00 bits per heavy atom. The summed E-state index contributed by atoms with van der Waals surface area (Å²) < 4.78 is 11.1. The average Bonchev–Trinajstić information content (AvgIpc) is 2.78. The first-order valence-electron chi connectivity index (χ1n) is 9.80. The fourth-order valence-corrected chi connectivity index (χ4v) is 2.94. The standard InChI is InChI=1S/C25H22N2O4/c1-18-7-6-8-19(15-18)17-31-23-12-5-3-10-21(23)25(29)30-14-13-24(28)27-22-11-4-2-9-20(22)16-26/h2-12,15H,13-14,17H2,1H3,(H,27,28). The van der Waals surface area contributed by atoms with Gasteiger partial charge in [-0.05, 0) is 36.8 Å². The van der Waals surface area contributed by atoms with E-state index in [0.717, 1.165) is 11.1 Å². The monoisotopic (exact) mass is 414 g/mol. The van der Waals surface area contributed by atoms with Crippen LogP contribution in [-0.2, 0) is 16.1 Å². The van der Waals surface area contributed by atoms with Gasteiger partial charge in [0.25, 0.3) is 0 Å². The van der Waals surface area contributed by atoms with Gasteiger partial charge in [-0.3, -0.25) is 4.79 Å². The maximum Gasteiger partial charge on any atom is 0.341 e. The molecule has 0 aromatic heterocycles. The summed E-state index contributed by atoms with van der Waals surface area (Å²) >= 11 is 0. The lowest BCUT2D eigenvalue weighted by Crippen LogP contribution is -2.17. The van der Waals surface area contributed by atoms with E-state index >= 15 is 0 Å². The molecular formula is C25H22N2O4. The first-order valence-corrected chi connectivity index (χ1v) is 9.80. The normalized spacial score (nSPS) is 10.1. The van der Waals surface area contributed by atoms with Crippen LogP contribution in [0, 0.1) is 18.3 Å². The number of amides is 1. The molecule has 0 heterocycles. The van der Waals surface area contributed by atoms with Gasteiger partial charge in [-0.15, -0.1) is 0 Å². The Bertz CT molecular complexity index is 1120. The smallest absolute Gasteiger partial charge is 0.341 e. The van der Waals surface area contributed by atoms with Gasteiger partial charge in [0.1, 0.15) is 30.6 Å². The van der Waals surface area contributed by atoms with Crippen molar-refractivity contribution in [3.05, 3.63) is 95.1 Å². The van der Waals surface area contributed by atoms with Gasteiger partial charge in [-0.1, -0.05) is 54.1 Å². The van der Waals surface area contributed by atoms with Gasteiger partial charge in [-0.2, -0.15) is 5.26 Å². The SMILES string of the molecule is Cc1cccc(COc2ccccc2C(=O)OCCC(=O)Nc2ccccc2C#N)c1. The van der Waals surface area contributed by atoms with Crippen molar-refractivity contribution >= 4 is 17.6 Å². The molecule has 6 heteroatoms. The third kappa shape index (κ3) is 6.18. The molecule has 0 aliphatic rings. The van der Waals surface area contributed by atoms with Gasteiger partial charge in [0.15, 0.2) is 0 Å². The van der Waals surface area contributed by atoms with Crippen LogP contribution in [0.15, 0.2) is 72.8 Å². The molecule has 31 heavy (non-hydrogen) atoms. The van der Waals surface area contributed by atoms with Gasteiger partial charge in [0, 0.05) is 0 Å². The number of rotatable bonds is 8. The van der Waals surface area contributed by atoms with Crippen LogP contribution in [0.4, 0.5) is 5.69 Å². The highest BCUT2D eigenvalue weighted by atomic mass is 16.5. The largest absolute Gasteiger partial charge is 0.488 e. The number of hydrogen-bond acceptors (Lipinski definition) is 5. The third-order valence-electron chi connectivity index (χ3n) is 4.47. The quantitative estimate of drug-likeness (QED) is 0.543. The maximum atomic E-state index is 12.5. The molecule has 3 aromatic carbocycles. The van der Waals surface area contributed by atoms with Crippen molar-refractivity contribution in [2.24, 2.45) is 0 Å². The second-order valence-corrected chi connectivity index (χ2v) is 6.87. The molecule has 0 fully saturated rings. The van der Waals surface area contributed by atoms with Gasteiger partial charge in [0.2, 0.25) is 5.91 Å². The fourth-order valence-electron chi connectivity index (χ4n) is 2.94. The highest BCUT2D eigenvalue weighted by Crippen LogP contribution is 2.21. The number of benzene rings is 3. The molecule has 0 aliphatic heterocycles. The van der Waals surface area contributed by atoms with E-state index in [4.69, 9.17) is 14.7 Å². The minimum Gasteiger partial charge on any atom is -0.488 e. The summed E-state index contributed by atoms with van der Waals surface area (Å²) in [7, 11) is 0. The lowest BCUT2D eigenvalue weighted by molar-refractivity contribution is -0.116. The molecule has 3 aromatic rings. The summed E-state index contributed by atoms with van der Waals surface area (Å²) in [6, 6.07) is 23.5. The van der Waals surface area contributed by atoms with Gasteiger partial charge < -0.3 is 14.8 Å². The highest BCUT2D eigenvalue weighted by Gasteiger charge is 2.15. The summed E-state index contributed by atoms with van der Waals surface area (Å²) in [6.07, 6.45) is -0.0299. The molecule has 3 rings (SSSR count). The second kappa shape index (κ2) is 10.6. The number of hydrogen-bond donors (Lipinski definition) is 1. The lowest BCUT2D eigenvalue weighted by Gasteiger charge is -2.12. The average molecular weight is 414 g/mol. The number of anilines is 1. The van der Waals surface area contributed by atoms with E-state index in [0.29, 0.717) is 29.2 Å². The first-order chi connectivity index (χ1) is 15.1. The van der Waals surface area contributed by atoms with E-state index in [9.17, 15) is 9.59 Å². The van der Waals surface area contributed by atoms with E-state index in [1.807, 2.05) is 37.3 Å². The lowest BCUT2D eigenvalue weighted by atomic mass is 10.1. The molecule has 0 atom stereocenters. The fraction of sp³-hybridized carbons (Fsp3) is 0.160. The summed E-state index contributed by atoms with van der Waals surface area (Å²) in [4.78, 5) is 24.6. The first kappa shape index (κ1) is 21.6. The number of nitrogens with one attached hydrogen (secondary N) is 1. The summed E-state index contributed by atoms with van der Waals surface area (Å²) in [5.74, 6) is -0.494. The van der Waals surface area contributed by atoms with E-state index in [1.54, 1.807) is 48.5 Å². The number of carbonyl (C=O) groups excluding carboxylic acids is 2. The zero-order chi connectivity index (χ0) is 22.1. The van der Waals surface area contributed by atoms with Gasteiger partial charge >= 0.3 is 5.97 Å². The van der Waals surface area contributed by atoms with Crippen LogP contribution in [0.3, 0.4) is 0 Å². The Hall–Kier alpha value is -4.11. The van der Waals surface area contributed by atoms with E-state index in [1.165, 1.54) is 0 Å². The van der Waals surface area contributed by atoms with Crippen LogP contribution in [0.25, 0.3) is 0 Å². The molecule has 0 radical (unpaired) electrons. The van der Waals surface area contributed by atoms with Crippen LogP contribution >= 0.6 is 0 Å². The zero-order valence-corrected chi connectivity index (χ0v) is 17.1. The highest BCUT2D eigenvalue weighted by molar-refractivity contribution is 5.94. The Morgan fingerprint density at radius 3 is 2.58 bits per heavy atom. The number of aryl methyl sites for hydroxylation is 1. The summed E-state index contributed by atoms with van der Waals surface area (Å²) in [5.41, 5.74) is 3.22. The van der Waals surface area contributed by atoms with Crippen molar-refractivity contribution in [2.45, 2.75) is 20.0 Å². The number of carbonyl (C=O) groups is 2. The predicted octanol–water partition coefficient (Wildman–Crippen LogP) is 4.63. The molecule has 156 valence electrons. The number of nitrogens with zero attached hydrogens (tertiary/aromatic N) is 1. The van der Waals surface area contributed by atoms with Gasteiger partial charge in [0.05, 0.1) is 17.7 Å². The van der Waals surface area contributed by atoms with E-state index in [-0.39, 0.29) is 18.9 Å². The number of para-hydroxylation sites is 2. The van der Waals surface area contributed by atoms with Crippen molar-refractivity contribution in [1.29, 1.82) is 5.26 Å². The Labute approximate surface area is 181 Å². The van der Waals surface area contributed by atoms with Crippen molar-refractivity contribution in [1.82, 2.24) is 0 Å². The molecule has 1 amide bonds. The number of nitriles is 1. The topological polar surface area (TPSA) is 88.4 Å². The predicted molar refractivity (Wildman–Crippen MR) is 117 cm³/mol. The molecule has 0 saturated carbocycles. The Kier molecular flexibility index (Phi) is 7.39. The molecule has 0 unspecified atom stereocenters. The van der Waals surface area contributed by atoms with Crippen LogP contribution in [-0.4, -0.2) is 18.5 Å². The summed E-state index contributed by atoms with van der Waals surface area (Å²) in [6.45, 7) is 2.24. The molecule has 1 N–H and O–H groups in total. The Balaban J connectivity index is 1.53. The van der Waals surface area contributed by atoms with Crippen molar-refractivity contribution < 1.29 is 19.1 Å². The van der Waals surface area contributed by atoms with E-state index in [2.05, 4.69) is 5.32 Å². The van der Waals surface area contributed by atoms with Crippen LogP contribution in [0.2, 0.25) is 0 Å². The van der Waals surface area contributed by atoms with Crippen molar-refractivity contribution in [3.63, 3.8) is 0 Å².